The third-order valence-electron chi connectivity index (χ3n) is 6.26. The second-order valence-electron chi connectivity index (χ2n) is 9.59. The minimum absolute atomic E-state index is 0. The van der Waals surface area contributed by atoms with Crippen molar-refractivity contribution >= 4 is 42.9 Å². The van der Waals surface area contributed by atoms with Gasteiger partial charge in [0.15, 0.2) is 0 Å². The average molecular weight is 661 g/mol. The first-order valence-corrected chi connectivity index (χ1v) is 13.8. The Kier molecular flexibility index (Phi) is 14.8. The number of rotatable bonds is 11. The molecule has 3 aromatic rings. The number of ether oxygens (including phenoxy) is 1. The molecule has 0 radical (unpaired) electrons. The van der Waals surface area contributed by atoms with E-state index in [9.17, 15) is 18.0 Å². The Hall–Kier alpha value is -3.44. The molecule has 1 aliphatic heterocycles. The van der Waals surface area contributed by atoms with Gasteiger partial charge in [-0.05, 0) is 44.5 Å². The number of carbonyl (C=O) groups is 2. The van der Waals surface area contributed by atoms with Gasteiger partial charge in [0.05, 0.1) is 6.04 Å². The number of nitrogens with one attached hydrogen (secondary N) is 4. The predicted molar refractivity (Wildman–Crippen MR) is 164 cm³/mol. The van der Waals surface area contributed by atoms with Crippen LogP contribution in [0, 0.1) is 6.92 Å². The summed E-state index contributed by atoms with van der Waals surface area (Å²) in [5.74, 6) is -1.81. The molecule has 44 heavy (non-hydrogen) atoms. The molecule has 4 rings (SSSR count). The molecule has 1 saturated heterocycles. The van der Waals surface area contributed by atoms with E-state index in [1.807, 2.05) is 38.2 Å². The fraction of sp³-hybridized carbons (Fsp3) is 0.444. The van der Waals surface area contributed by atoms with E-state index in [-0.39, 0.29) is 31.5 Å². The highest BCUT2D eigenvalue weighted by molar-refractivity contribution is 7.59. The zero-order chi connectivity index (χ0) is 31.4. The van der Waals surface area contributed by atoms with Gasteiger partial charge in [-0.2, -0.15) is 31.7 Å². The number of alkyl halides is 3. The van der Waals surface area contributed by atoms with Crippen molar-refractivity contribution in [3.63, 3.8) is 0 Å². The second kappa shape index (κ2) is 17.8. The van der Waals surface area contributed by atoms with Crippen molar-refractivity contribution in [3.8, 4) is 5.82 Å². The van der Waals surface area contributed by atoms with Crippen molar-refractivity contribution in [3.05, 3.63) is 64.8 Å². The van der Waals surface area contributed by atoms with Gasteiger partial charge in [0.25, 0.3) is 5.91 Å². The van der Waals surface area contributed by atoms with E-state index < -0.39 is 12.1 Å². The molecule has 0 aliphatic carbocycles. The lowest BCUT2D eigenvalue weighted by molar-refractivity contribution is -0.192. The van der Waals surface area contributed by atoms with E-state index in [1.165, 1.54) is 0 Å². The Morgan fingerprint density at radius 1 is 1.20 bits per heavy atom. The summed E-state index contributed by atoms with van der Waals surface area (Å²) >= 11 is 6.20. The van der Waals surface area contributed by atoms with Crippen LogP contribution in [0.4, 0.5) is 19.1 Å². The van der Waals surface area contributed by atoms with Gasteiger partial charge in [-0.1, -0.05) is 23.7 Å². The van der Waals surface area contributed by atoms with Gasteiger partial charge in [-0.15, -0.1) is 0 Å². The largest absolute Gasteiger partial charge is 0.490 e. The maximum atomic E-state index is 13.1. The van der Waals surface area contributed by atoms with Gasteiger partial charge < -0.3 is 31.1 Å². The van der Waals surface area contributed by atoms with Crippen LogP contribution in [0.2, 0.25) is 5.02 Å². The van der Waals surface area contributed by atoms with E-state index in [4.69, 9.17) is 26.2 Å². The van der Waals surface area contributed by atoms with Gasteiger partial charge in [0, 0.05) is 61.9 Å². The first kappa shape index (κ1) is 36.8. The number of likely N-dealkylation sites (N-methyl/N-ethyl adjacent to an activating group) is 1. The van der Waals surface area contributed by atoms with Crippen LogP contribution in [0.15, 0.2) is 43.0 Å². The molecule has 12 nitrogen and oxygen atoms in total. The van der Waals surface area contributed by atoms with E-state index in [0.29, 0.717) is 29.0 Å². The number of halogens is 4. The van der Waals surface area contributed by atoms with Crippen molar-refractivity contribution in [1.82, 2.24) is 35.5 Å². The number of imidazole rings is 1. The smallest absolute Gasteiger partial charge is 0.475 e. The van der Waals surface area contributed by atoms with Crippen LogP contribution in [-0.2, 0) is 9.53 Å². The summed E-state index contributed by atoms with van der Waals surface area (Å²) in [5, 5.41) is 20.7. The quantitative estimate of drug-likeness (QED) is 0.194. The highest BCUT2D eigenvalue weighted by Crippen LogP contribution is 2.19. The molecule has 17 heteroatoms. The third-order valence-corrected chi connectivity index (χ3v) is 6.49. The minimum atomic E-state index is -5.08. The van der Waals surface area contributed by atoms with Gasteiger partial charge in [-0.3, -0.25) is 9.36 Å². The molecule has 1 aliphatic rings. The molecular formula is C27H36ClF3N8O4S. The molecule has 0 bridgehead atoms. The summed E-state index contributed by atoms with van der Waals surface area (Å²) < 4.78 is 38.9. The molecule has 3 heterocycles. The molecule has 5 N–H and O–H groups in total. The second-order valence-corrected chi connectivity index (χ2v) is 10.0. The number of amides is 1. The lowest BCUT2D eigenvalue weighted by atomic mass is 10.1. The maximum absolute atomic E-state index is 13.1. The summed E-state index contributed by atoms with van der Waals surface area (Å²) in [4.78, 5) is 35.5. The molecule has 242 valence electrons. The van der Waals surface area contributed by atoms with Crippen LogP contribution in [0.3, 0.4) is 0 Å². The number of aromatic nitrogens is 4. The Balaban J connectivity index is 0.000000756. The van der Waals surface area contributed by atoms with Crippen molar-refractivity contribution in [2.75, 3.05) is 45.2 Å². The number of carbonyl (C=O) groups excluding carboxylic acids is 1. The Labute approximate surface area is 264 Å². The first-order chi connectivity index (χ1) is 20.5. The van der Waals surface area contributed by atoms with E-state index in [1.54, 1.807) is 23.3 Å². The van der Waals surface area contributed by atoms with Crippen molar-refractivity contribution in [2.24, 2.45) is 0 Å². The summed E-state index contributed by atoms with van der Waals surface area (Å²) in [6, 6.07) is 7.52. The van der Waals surface area contributed by atoms with Gasteiger partial charge in [0.2, 0.25) is 5.95 Å². The normalized spacial score (nSPS) is 14.0. The van der Waals surface area contributed by atoms with Crippen LogP contribution in [0.1, 0.15) is 40.5 Å². The molecule has 1 aromatic carbocycles. The highest BCUT2D eigenvalue weighted by atomic mass is 35.5. The molecule has 2 aromatic heterocycles. The number of nitrogens with zero attached hydrogens (tertiary/aromatic N) is 4. The number of hydrogen-bond donors (Lipinski definition) is 5. The summed E-state index contributed by atoms with van der Waals surface area (Å²) in [5.41, 5.74) is 2.10. The van der Waals surface area contributed by atoms with Crippen LogP contribution < -0.4 is 21.3 Å². The average Bonchev–Trinajstić information content (AvgIpc) is 3.46. The molecule has 0 unspecified atom stereocenters. The van der Waals surface area contributed by atoms with Gasteiger partial charge in [-0.25, -0.2) is 14.8 Å². The highest BCUT2D eigenvalue weighted by Gasteiger charge is 2.38. The predicted octanol–water partition coefficient (Wildman–Crippen LogP) is 3.24. The number of benzene rings is 1. The van der Waals surface area contributed by atoms with Crippen molar-refractivity contribution in [2.45, 2.75) is 38.0 Å². The Bertz CT molecular complexity index is 1360. The SMILES string of the molecule is CNCCNC[C@@H](NC(=O)c1cn(-c2nc(NC3CCOCC3)ncc2C)cn1)c1cccc(Cl)c1.O=C(O)C(F)(F)F.S. The minimum Gasteiger partial charge on any atom is -0.475 e. The first-order valence-electron chi connectivity index (χ1n) is 13.4. The molecule has 1 amide bonds. The van der Waals surface area contributed by atoms with Crippen molar-refractivity contribution < 1.29 is 32.6 Å². The molecule has 1 fully saturated rings. The Morgan fingerprint density at radius 3 is 2.55 bits per heavy atom. The zero-order valence-electron chi connectivity index (χ0n) is 24.1. The monoisotopic (exact) mass is 660 g/mol. The van der Waals surface area contributed by atoms with E-state index in [2.05, 4.69) is 36.2 Å². The number of hydrogen-bond acceptors (Lipinski definition) is 9. The maximum Gasteiger partial charge on any atom is 0.490 e. The fourth-order valence-corrected chi connectivity index (χ4v) is 4.21. The number of carboxylic acid groups (broad SMARTS) is 1. The van der Waals surface area contributed by atoms with E-state index in [0.717, 1.165) is 50.3 Å². The molecule has 1 atom stereocenters. The molecular weight excluding hydrogens is 625 g/mol. The Morgan fingerprint density at radius 2 is 1.91 bits per heavy atom. The van der Waals surface area contributed by atoms with Crippen LogP contribution >= 0.6 is 25.1 Å². The number of anilines is 1. The van der Waals surface area contributed by atoms with Crippen LogP contribution in [0.5, 0.6) is 0 Å². The number of aryl methyl sites for hydroxylation is 1. The third kappa shape index (κ3) is 11.6. The van der Waals surface area contributed by atoms with Crippen LogP contribution in [0.25, 0.3) is 5.82 Å². The number of carboxylic acids is 1. The molecule has 0 spiro atoms. The fourth-order valence-electron chi connectivity index (χ4n) is 4.01. The summed E-state index contributed by atoms with van der Waals surface area (Å²) in [7, 11) is 1.90. The zero-order valence-corrected chi connectivity index (χ0v) is 25.9. The lowest BCUT2D eigenvalue weighted by Crippen LogP contribution is -2.37. The lowest BCUT2D eigenvalue weighted by Gasteiger charge is -2.23. The molecule has 0 saturated carbocycles. The van der Waals surface area contributed by atoms with E-state index >= 15 is 0 Å². The van der Waals surface area contributed by atoms with Gasteiger partial charge >= 0.3 is 12.1 Å². The summed E-state index contributed by atoms with van der Waals surface area (Å²) in [6.07, 6.45) is 1.81. The topological polar surface area (TPSA) is 155 Å². The van der Waals surface area contributed by atoms with Gasteiger partial charge in [0.1, 0.15) is 17.8 Å². The standard InChI is InChI=1S/C25H33ClN8O2.C2HF3O2.H2S/c1-17-13-29-25(31-20-6-10-36-11-7-20)33-23(17)34-15-22(30-16-34)24(35)32-21(14-28-9-8-27-2)18-4-3-5-19(26)12-18;3-2(4,5)1(6)7;/h3-5,12-13,15-16,20-21,27-28H,6-11,14H2,1-2H3,(H,32,35)(H,29,31,33);(H,6,7);1H2/t21-;;/m1../s1. The number of aliphatic carboxylic acids is 1. The van der Waals surface area contributed by atoms with Crippen molar-refractivity contribution in [1.29, 1.82) is 0 Å². The summed E-state index contributed by atoms with van der Waals surface area (Å²) in [6.45, 7) is 5.55. The van der Waals surface area contributed by atoms with Crippen LogP contribution in [-0.4, -0.2) is 88.6 Å².